The van der Waals surface area contributed by atoms with Crippen molar-refractivity contribution >= 4 is 18.0 Å². The Morgan fingerprint density at radius 1 is 1.13 bits per heavy atom. The minimum absolute atomic E-state index is 0.133. The van der Waals surface area contributed by atoms with Gasteiger partial charge < -0.3 is 35.5 Å². The molecule has 0 atom stereocenters. The zero-order valence-electron chi connectivity index (χ0n) is 17.6. The predicted octanol–water partition coefficient (Wildman–Crippen LogP) is 1.56. The van der Waals surface area contributed by atoms with E-state index >= 15 is 0 Å². The molecular weight excluding hydrogens is 404 g/mol. The Balaban J connectivity index is 0.00000233. The van der Waals surface area contributed by atoms with Gasteiger partial charge in [0.05, 0.1) is 26.9 Å². The topological polar surface area (TPSA) is 152 Å². The molecule has 2 rings (SSSR count). The highest BCUT2D eigenvalue weighted by atomic mass is 16.5. The number of hydrogen-bond acceptors (Lipinski definition) is 7. The molecule has 31 heavy (non-hydrogen) atoms. The maximum atomic E-state index is 11.8. The van der Waals surface area contributed by atoms with E-state index in [9.17, 15) is 30.0 Å². The number of aliphatic hydroxyl groups is 3. The quantitative estimate of drug-likeness (QED) is 0.198. The largest absolute Gasteiger partial charge is 0.477 e. The molecule has 9 nitrogen and oxygen atoms in total. The second-order valence-corrected chi connectivity index (χ2v) is 6.16. The molecule has 0 saturated carbocycles. The summed E-state index contributed by atoms with van der Waals surface area (Å²) < 4.78 is 4.59. The van der Waals surface area contributed by atoms with E-state index in [4.69, 9.17) is 0 Å². The van der Waals surface area contributed by atoms with Crippen molar-refractivity contribution in [1.82, 2.24) is 10.3 Å². The van der Waals surface area contributed by atoms with Crippen LogP contribution in [0.3, 0.4) is 0 Å². The standard InChI is InChI=1S/C20H24N2O7.C2H4/c1-21-7-16-18(12-4-3-11(8-23)14(9-24)15(12)10-25)13(5-6-17(26)29-2)19(22-16)20(27)28;1-2/h3-6,21-25H,7-10H2,1-2H3,(H,27,28);1-2H2/b6-5+;. The molecule has 0 unspecified atom stereocenters. The van der Waals surface area contributed by atoms with Crippen LogP contribution in [-0.2, 0) is 35.9 Å². The zero-order valence-corrected chi connectivity index (χ0v) is 17.6. The first-order valence-corrected chi connectivity index (χ1v) is 9.28. The summed E-state index contributed by atoms with van der Waals surface area (Å²) in [5, 5.41) is 41.8. The molecule has 0 aliphatic carbocycles. The van der Waals surface area contributed by atoms with Crippen LogP contribution >= 0.6 is 0 Å². The lowest BCUT2D eigenvalue weighted by Crippen LogP contribution is -2.08. The van der Waals surface area contributed by atoms with Crippen molar-refractivity contribution in [3.8, 4) is 11.1 Å². The maximum absolute atomic E-state index is 11.8. The molecule has 0 amide bonds. The lowest BCUT2D eigenvalue weighted by atomic mass is 9.90. The van der Waals surface area contributed by atoms with Gasteiger partial charge in [0, 0.05) is 29.4 Å². The van der Waals surface area contributed by atoms with Crippen LogP contribution in [0.25, 0.3) is 17.2 Å². The summed E-state index contributed by atoms with van der Waals surface area (Å²) in [5.41, 5.74) is 2.73. The molecule has 0 aliphatic heterocycles. The van der Waals surface area contributed by atoms with E-state index in [1.165, 1.54) is 13.2 Å². The van der Waals surface area contributed by atoms with Gasteiger partial charge in [-0.2, -0.15) is 0 Å². The number of aromatic amines is 1. The predicted molar refractivity (Wildman–Crippen MR) is 116 cm³/mol. The Kier molecular flexibility index (Phi) is 10.4. The minimum Gasteiger partial charge on any atom is -0.477 e. The van der Waals surface area contributed by atoms with Crippen LogP contribution in [0.15, 0.2) is 31.4 Å². The van der Waals surface area contributed by atoms with Gasteiger partial charge in [-0.3, -0.25) is 0 Å². The van der Waals surface area contributed by atoms with Crippen LogP contribution in [-0.4, -0.2) is 51.5 Å². The van der Waals surface area contributed by atoms with Crippen LogP contribution in [0.5, 0.6) is 0 Å². The molecule has 168 valence electrons. The van der Waals surface area contributed by atoms with E-state index in [0.717, 1.165) is 6.08 Å². The highest BCUT2D eigenvalue weighted by molar-refractivity contribution is 5.99. The summed E-state index contributed by atoms with van der Waals surface area (Å²) in [4.78, 5) is 26.2. The van der Waals surface area contributed by atoms with Crippen molar-refractivity contribution in [2.24, 2.45) is 0 Å². The number of nitrogens with one attached hydrogen (secondary N) is 2. The Hall–Kier alpha value is -3.24. The van der Waals surface area contributed by atoms with Crippen LogP contribution in [0.2, 0.25) is 0 Å². The monoisotopic (exact) mass is 432 g/mol. The number of benzene rings is 1. The average Bonchev–Trinajstić information content (AvgIpc) is 3.15. The summed E-state index contributed by atoms with van der Waals surface area (Å²) in [5.74, 6) is -1.88. The van der Waals surface area contributed by atoms with Crippen LogP contribution < -0.4 is 5.32 Å². The number of carboxylic acids is 1. The Morgan fingerprint density at radius 2 is 1.77 bits per heavy atom. The number of carbonyl (C=O) groups is 2. The molecule has 1 heterocycles. The third-order valence-electron chi connectivity index (χ3n) is 4.56. The highest BCUT2D eigenvalue weighted by Crippen LogP contribution is 2.36. The summed E-state index contributed by atoms with van der Waals surface area (Å²) in [6, 6.07) is 3.24. The Bertz CT molecular complexity index is 948. The van der Waals surface area contributed by atoms with Gasteiger partial charge in [-0.15, -0.1) is 13.2 Å². The molecule has 6 N–H and O–H groups in total. The highest BCUT2D eigenvalue weighted by Gasteiger charge is 2.24. The number of carbonyl (C=O) groups excluding carboxylic acids is 1. The van der Waals surface area contributed by atoms with E-state index in [2.05, 4.69) is 28.2 Å². The van der Waals surface area contributed by atoms with Gasteiger partial charge >= 0.3 is 11.9 Å². The number of methoxy groups -OCH3 is 1. The van der Waals surface area contributed by atoms with Gasteiger partial charge in [-0.25, -0.2) is 9.59 Å². The second-order valence-electron chi connectivity index (χ2n) is 6.16. The van der Waals surface area contributed by atoms with Gasteiger partial charge in [0.25, 0.3) is 0 Å². The summed E-state index contributed by atoms with van der Waals surface area (Å²) >= 11 is 0. The van der Waals surface area contributed by atoms with Crippen molar-refractivity contribution in [2.75, 3.05) is 14.2 Å². The van der Waals surface area contributed by atoms with Gasteiger partial charge in [-0.1, -0.05) is 12.1 Å². The summed E-state index contributed by atoms with van der Waals surface area (Å²) in [6.45, 7) is 5.11. The number of aromatic carboxylic acids is 1. The van der Waals surface area contributed by atoms with E-state index in [1.54, 1.807) is 19.2 Å². The number of aromatic nitrogens is 1. The van der Waals surface area contributed by atoms with Crippen molar-refractivity contribution < 1.29 is 34.8 Å². The Morgan fingerprint density at radius 3 is 2.26 bits per heavy atom. The molecule has 0 radical (unpaired) electrons. The molecule has 0 fully saturated rings. The molecule has 0 saturated heterocycles. The number of hydrogen-bond donors (Lipinski definition) is 6. The number of rotatable bonds is 9. The third-order valence-corrected chi connectivity index (χ3v) is 4.56. The SMILES string of the molecule is C=C.CNCc1[nH]c(C(=O)O)c(/C=C/C(=O)OC)c1-c1ccc(CO)c(CO)c1CO. The molecule has 9 heteroatoms. The molecule has 2 aromatic rings. The first-order valence-electron chi connectivity index (χ1n) is 9.28. The van der Waals surface area contributed by atoms with E-state index in [1.807, 2.05) is 0 Å². The summed E-state index contributed by atoms with van der Waals surface area (Å²) in [6.07, 6.45) is 2.44. The number of esters is 1. The van der Waals surface area contributed by atoms with Crippen molar-refractivity contribution in [3.05, 3.63) is 65.0 Å². The first-order chi connectivity index (χ1) is 14.9. The Labute approximate surface area is 180 Å². The van der Waals surface area contributed by atoms with Crippen molar-refractivity contribution in [1.29, 1.82) is 0 Å². The average molecular weight is 432 g/mol. The molecule has 1 aromatic carbocycles. The van der Waals surface area contributed by atoms with Gasteiger partial charge in [-0.05, 0) is 35.4 Å². The number of aliphatic hydroxyl groups excluding tert-OH is 3. The van der Waals surface area contributed by atoms with Crippen LogP contribution in [0.4, 0.5) is 0 Å². The van der Waals surface area contributed by atoms with Crippen LogP contribution in [0.1, 0.15) is 38.4 Å². The van der Waals surface area contributed by atoms with Gasteiger partial charge in [0.2, 0.25) is 0 Å². The smallest absolute Gasteiger partial charge is 0.352 e. The first kappa shape index (κ1) is 25.8. The fraction of sp³-hybridized carbons (Fsp3) is 0.273. The molecule has 1 aromatic heterocycles. The number of ether oxygens (including phenoxy) is 1. The molecular formula is C22H28N2O7. The molecule has 0 bridgehead atoms. The third kappa shape index (κ3) is 5.68. The molecule has 0 spiro atoms. The lowest BCUT2D eigenvalue weighted by Gasteiger charge is -2.17. The van der Waals surface area contributed by atoms with Crippen LogP contribution in [0, 0.1) is 0 Å². The van der Waals surface area contributed by atoms with Crippen molar-refractivity contribution in [3.63, 3.8) is 0 Å². The van der Waals surface area contributed by atoms with Crippen molar-refractivity contribution in [2.45, 2.75) is 26.4 Å². The minimum atomic E-state index is -1.22. The lowest BCUT2D eigenvalue weighted by molar-refractivity contribution is -0.134. The molecule has 0 aliphatic rings. The van der Waals surface area contributed by atoms with Gasteiger partial charge in [0.15, 0.2) is 0 Å². The fourth-order valence-corrected chi connectivity index (χ4v) is 3.24. The zero-order chi connectivity index (χ0) is 23.6. The van der Waals surface area contributed by atoms with E-state index in [-0.39, 0.29) is 24.4 Å². The second kappa shape index (κ2) is 12.5. The summed E-state index contributed by atoms with van der Waals surface area (Å²) in [7, 11) is 2.90. The van der Waals surface area contributed by atoms with Gasteiger partial charge in [0.1, 0.15) is 5.69 Å². The maximum Gasteiger partial charge on any atom is 0.352 e. The van der Waals surface area contributed by atoms with E-state index in [0.29, 0.717) is 33.5 Å². The number of carboxylic acid groups (broad SMARTS) is 1. The van der Waals surface area contributed by atoms with E-state index < -0.39 is 25.2 Å². The normalized spacial score (nSPS) is 10.6. The fourth-order valence-electron chi connectivity index (χ4n) is 3.24. The number of H-pyrrole nitrogens is 1.